The predicted molar refractivity (Wildman–Crippen MR) is 98.0 cm³/mol. The number of aryl methyl sites for hydroxylation is 1. The van der Waals surface area contributed by atoms with Crippen molar-refractivity contribution < 1.29 is 9.90 Å². The molecule has 1 amide bonds. The van der Waals surface area contributed by atoms with E-state index in [-0.39, 0.29) is 11.8 Å². The van der Waals surface area contributed by atoms with Crippen molar-refractivity contribution in [2.45, 2.75) is 38.2 Å². The van der Waals surface area contributed by atoms with Crippen LogP contribution in [0.15, 0.2) is 54.9 Å². The molecular formula is C21H26N2O2. The third-order valence-electron chi connectivity index (χ3n) is 5.02. The van der Waals surface area contributed by atoms with Gasteiger partial charge >= 0.3 is 0 Å². The average Bonchev–Trinajstić information content (AvgIpc) is 2.65. The molecule has 2 heterocycles. The smallest absolute Gasteiger partial charge is 0.222 e. The lowest BCUT2D eigenvalue weighted by Gasteiger charge is -2.36. The highest BCUT2D eigenvalue weighted by Gasteiger charge is 2.29. The average molecular weight is 338 g/mol. The third kappa shape index (κ3) is 5.13. The summed E-state index contributed by atoms with van der Waals surface area (Å²) in [4.78, 5) is 18.2. The second-order valence-electron chi connectivity index (χ2n) is 6.85. The summed E-state index contributed by atoms with van der Waals surface area (Å²) in [5, 5.41) is 10.5. The number of β-amino-alcohol motifs (C(OH)–C–C–N with tert-alkyl or cyclic N) is 1. The lowest BCUT2D eigenvalue weighted by atomic mass is 9.87. The standard InChI is InChI=1S/C21H26N2O2/c24-20-16-23(14-11-19(20)15-18-5-2-1-3-6-18)21(25)8-4-7-17-9-12-22-13-10-17/h1-3,5-6,9-10,12-13,19-20,24H,4,7-8,11,14-16H2/t19-,20+/m1/s1. The number of likely N-dealkylation sites (tertiary alicyclic amines) is 1. The van der Waals surface area contributed by atoms with Gasteiger partial charge in [0.1, 0.15) is 0 Å². The van der Waals surface area contributed by atoms with E-state index in [0.29, 0.717) is 13.0 Å². The van der Waals surface area contributed by atoms with Gasteiger partial charge in [0.05, 0.1) is 6.10 Å². The summed E-state index contributed by atoms with van der Waals surface area (Å²) < 4.78 is 0. The van der Waals surface area contributed by atoms with Gasteiger partial charge in [-0.2, -0.15) is 0 Å². The van der Waals surface area contributed by atoms with Crippen molar-refractivity contribution in [1.82, 2.24) is 9.88 Å². The molecule has 1 N–H and O–H groups in total. The molecule has 0 radical (unpaired) electrons. The van der Waals surface area contributed by atoms with Gasteiger partial charge in [0.25, 0.3) is 0 Å². The highest BCUT2D eigenvalue weighted by atomic mass is 16.3. The van der Waals surface area contributed by atoms with Crippen LogP contribution in [0.1, 0.15) is 30.4 Å². The molecule has 0 bridgehead atoms. The first-order valence-corrected chi connectivity index (χ1v) is 9.11. The summed E-state index contributed by atoms with van der Waals surface area (Å²) in [5.74, 6) is 0.398. The van der Waals surface area contributed by atoms with Crippen LogP contribution in [0.2, 0.25) is 0 Å². The summed E-state index contributed by atoms with van der Waals surface area (Å²) in [6, 6.07) is 14.2. The fourth-order valence-electron chi connectivity index (χ4n) is 3.51. The van der Waals surface area contributed by atoms with Gasteiger partial charge < -0.3 is 10.0 Å². The summed E-state index contributed by atoms with van der Waals surface area (Å²) in [6.07, 6.45) is 7.15. The monoisotopic (exact) mass is 338 g/mol. The zero-order valence-electron chi connectivity index (χ0n) is 14.6. The molecule has 1 fully saturated rings. The molecule has 0 saturated carbocycles. The SMILES string of the molecule is O=C(CCCc1ccncc1)N1CC[C@H](Cc2ccccc2)[C@@H](O)C1. The van der Waals surface area contributed by atoms with E-state index in [4.69, 9.17) is 0 Å². The van der Waals surface area contributed by atoms with Crippen LogP contribution in [0.4, 0.5) is 0 Å². The minimum Gasteiger partial charge on any atom is -0.391 e. The number of hydrogen-bond acceptors (Lipinski definition) is 3. The molecule has 1 aromatic carbocycles. The number of amides is 1. The molecule has 4 heteroatoms. The molecule has 1 aliphatic rings. The van der Waals surface area contributed by atoms with Crippen LogP contribution in [0.5, 0.6) is 0 Å². The van der Waals surface area contributed by atoms with E-state index in [1.54, 1.807) is 12.4 Å². The molecule has 0 spiro atoms. The fourth-order valence-corrected chi connectivity index (χ4v) is 3.51. The van der Waals surface area contributed by atoms with Gasteiger partial charge in [-0.25, -0.2) is 0 Å². The maximum absolute atomic E-state index is 12.4. The molecule has 0 unspecified atom stereocenters. The van der Waals surface area contributed by atoms with Crippen molar-refractivity contribution in [1.29, 1.82) is 0 Å². The molecule has 1 aliphatic heterocycles. The van der Waals surface area contributed by atoms with Crippen LogP contribution in [-0.4, -0.2) is 40.1 Å². The lowest BCUT2D eigenvalue weighted by Crippen LogP contribution is -2.47. The molecule has 0 aliphatic carbocycles. The van der Waals surface area contributed by atoms with Crippen LogP contribution >= 0.6 is 0 Å². The van der Waals surface area contributed by atoms with Crippen molar-refractivity contribution in [3.05, 3.63) is 66.0 Å². The first-order chi connectivity index (χ1) is 12.2. The van der Waals surface area contributed by atoms with Gasteiger partial charge in [-0.3, -0.25) is 9.78 Å². The predicted octanol–water partition coefficient (Wildman–Crippen LogP) is 2.86. The Morgan fingerprint density at radius 1 is 1.12 bits per heavy atom. The number of aliphatic hydroxyl groups is 1. The third-order valence-corrected chi connectivity index (χ3v) is 5.02. The van der Waals surface area contributed by atoms with E-state index in [9.17, 15) is 9.90 Å². The highest BCUT2D eigenvalue weighted by molar-refractivity contribution is 5.76. The van der Waals surface area contributed by atoms with Gasteiger partial charge in [0.2, 0.25) is 5.91 Å². The molecule has 3 rings (SSSR count). The first kappa shape index (κ1) is 17.6. The Morgan fingerprint density at radius 3 is 2.60 bits per heavy atom. The van der Waals surface area contributed by atoms with Crippen LogP contribution in [0.25, 0.3) is 0 Å². The molecule has 132 valence electrons. The molecule has 1 saturated heterocycles. The number of benzene rings is 1. The van der Waals surface area contributed by atoms with Gasteiger partial charge in [-0.1, -0.05) is 30.3 Å². The van der Waals surface area contributed by atoms with E-state index in [1.807, 2.05) is 35.2 Å². The number of piperidine rings is 1. The maximum atomic E-state index is 12.4. The van der Waals surface area contributed by atoms with Crippen molar-refractivity contribution in [2.24, 2.45) is 5.92 Å². The molecule has 25 heavy (non-hydrogen) atoms. The van der Waals surface area contributed by atoms with Gasteiger partial charge in [-0.15, -0.1) is 0 Å². The second-order valence-corrected chi connectivity index (χ2v) is 6.85. The highest BCUT2D eigenvalue weighted by Crippen LogP contribution is 2.23. The Morgan fingerprint density at radius 2 is 1.88 bits per heavy atom. The largest absolute Gasteiger partial charge is 0.391 e. The van der Waals surface area contributed by atoms with Gasteiger partial charge in [0.15, 0.2) is 0 Å². The Bertz CT molecular complexity index is 660. The molecule has 2 atom stereocenters. The number of pyridine rings is 1. The lowest BCUT2D eigenvalue weighted by molar-refractivity contribution is -0.135. The number of hydrogen-bond donors (Lipinski definition) is 1. The van der Waals surface area contributed by atoms with Gasteiger partial charge in [0, 0.05) is 31.9 Å². The zero-order valence-corrected chi connectivity index (χ0v) is 14.6. The quantitative estimate of drug-likeness (QED) is 0.881. The Labute approximate surface area is 149 Å². The number of rotatable bonds is 6. The van der Waals surface area contributed by atoms with E-state index in [2.05, 4.69) is 17.1 Å². The van der Waals surface area contributed by atoms with Crippen molar-refractivity contribution >= 4 is 5.91 Å². The minimum atomic E-state index is -0.432. The van der Waals surface area contributed by atoms with Crippen LogP contribution in [0.3, 0.4) is 0 Å². The fraction of sp³-hybridized carbons (Fsp3) is 0.429. The molecular weight excluding hydrogens is 312 g/mol. The summed E-state index contributed by atoms with van der Waals surface area (Å²) in [5.41, 5.74) is 2.47. The van der Waals surface area contributed by atoms with Crippen molar-refractivity contribution in [3.8, 4) is 0 Å². The topological polar surface area (TPSA) is 53.4 Å². The number of carbonyl (C=O) groups is 1. The Kier molecular flexibility index (Phi) is 6.18. The van der Waals surface area contributed by atoms with E-state index in [0.717, 1.165) is 32.2 Å². The Balaban J connectivity index is 1.43. The van der Waals surface area contributed by atoms with Crippen molar-refractivity contribution in [3.63, 3.8) is 0 Å². The van der Waals surface area contributed by atoms with E-state index >= 15 is 0 Å². The molecule has 2 aromatic rings. The minimum absolute atomic E-state index is 0.159. The normalized spacial score (nSPS) is 20.4. The van der Waals surface area contributed by atoms with Crippen LogP contribution < -0.4 is 0 Å². The number of aliphatic hydroxyl groups excluding tert-OH is 1. The molecule has 4 nitrogen and oxygen atoms in total. The Hall–Kier alpha value is -2.20. The number of carbonyl (C=O) groups excluding carboxylic acids is 1. The maximum Gasteiger partial charge on any atom is 0.222 e. The van der Waals surface area contributed by atoms with Crippen molar-refractivity contribution in [2.75, 3.05) is 13.1 Å². The van der Waals surface area contributed by atoms with E-state index in [1.165, 1.54) is 11.1 Å². The molecule has 1 aromatic heterocycles. The van der Waals surface area contributed by atoms with Crippen LogP contribution in [-0.2, 0) is 17.6 Å². The summed E-state index contributed by atoms with van der Waals surface area (Å²) >= 11 is 0. The second kappa shape index (κ2) is 8.77. The number of nitrogens with zero attached hydrogens (tertiary/aromatic N) is 2. The summed E-state index contributed by atoms with van der Waals surface area (Å²) in [6.45, 7) is 1.22. The van der Waals surface area contributed by atoms with Gasteiger partial charge in [-0.05, 0) is 54.9 Å². The zero-order chi connectivity index (χ0) is 17.5. The van der Waals surface area contributed by atoms with E-state index < -0.39 is 6.10 Å². The van der Waals surface area contributed by atoms with Crippen LogP contribution in [0, 0.1) is 5.92 Å². The first-order valence-electron chi connectivity index (χ1n) is 9.11. The summed E-state index contributed by atoms with van der Waals surface area (Å²) in [7, 11) is 0. The number of aromatic nitrogens is 1.